The standard InChI is InChI=1S/C28H46O/c1-18(2)19(3)7-8-20(4)24-11-12-25-23-10-9-21-17-22(29)13-15-27(21,5)26(23)14-16-28(24,25)6/h7-8,10,18-22,24-26,29H,9,11-17H2,1-6H3/t19?,20?,21?,22?,24?,25?,26?,27-,28+/m0/s1. The van der Waals surface area contributed by atoms with Gasteiger partial charge >= 0.3 is 0 Å². The lowest BCUT2D eigenvalue weighted by Gasteiger charge is -2.57. The fraction of sp³-hybridized carbons (Fsp3) is 0.857. The first-order valence-electron chi connectivity index (χ1n) is 12.7. The van der Waals surface area contributed by atoms with E-state index in [-0.39, 0.29) is 6.10 Å². The molecule has 0 aromatic heterocycles. The lowest BCUT2D eigenvalue weighted by molar-refractivity contribution is -0.0414. The molecule has 0 heterocycles. The molecule has 0 saturated heterocycles. The molecule has 4 aliphatic rings. The molecule has 3 fully saturated rings. The summed E-state index contributed by atoms with van der Waals surface area (Å²) in [6.07, 6.45) is 17.8. The quantitative estimate of drug-likeness (QED) is 0.489. The second-order valence-corrected chi connectivity index (χ2v) is 12.3. The molecule has 4 rings (SSSR count). The van der Waals surface area contributed by atoms with E-state index in [9.17, 15) is 5.11 Å². The van der Waals surface area contributed by atoms with Crippen LogP contribution in [0.2, 0.25) is 0 Å². The van der Waals surface area contributed by atoms with E-state index in [1.165, 1.54) is 38.5 Å². The minimum Gasteiger partial charge on any atom is -0.393 e. The summed E-state index contributed by atoms with van der Waals surface area (Å²) in [6.45, 7) is 14.7. The van der Waals surface area contributed by atoms with Crippen LogP contribution in [0.15, 0.2) is 23.8 Å². The molecule has 0 radical (unpaired) electrons. The van der Waals surface area contributed by atoms with Gasteiger partial charge in [0.25, 0.3) is 0 Å². The predicted octanol–water partition coefficient (Wildman–Crippen LogP) is 7.41. The van der Waals surface area contributed by atoms with Gasteiger partial charge in [-0.3, -0.25) is 0 Å². The van der Waals surface area contributed by atoms with Crippen LogP contribution in [0, 0.1) is 52.3 Å². The smallest absolute Gasteiger partial charge is 0.0543 e. The minimum atomic E-state index is -0.0476. The van der Waals surface area contributed by atoms with Crippen LogP contribution in [0.1, 0.15) is 92.9 Å². The maximum absolute atomic E-state index is 10.2. The molecule has 0 amide bonds. The van der Waals surface area contributed by atoms with Crippen LogP contribution in [0.4, 0.5) is 0 Å². The fourth-order valence-electron chi connectivity index (χ4n) is 8.10. The summed E-state index contributed by atoms with van der Waals surface area (Å²) >= 11 is 0. The Morgan fingerprint density at radius 3 is 2.34 bits per heavy atom. The highest BCUT2D eigenvalue weighted by Gasteiger charge is 2.57. The third-order valence-electron chi connectivity index (χ3n) is 10.5. The molecule has 0 bridgehead atoms. The van der Waals surface area contributed by atoms with Crippen molar-refractivity contribution < 1.29 is 5.11 Å². The molecule has 4 aliphatic carbocycles. The number of rotatable bonds is 4. The Morgan fingerprint density at radius 2 is 1.62 bits per heavy atom. The highest BCUT2D eigenvalue weighted by atomic mass is 16.3. The summed E-state index contributed by atoms with van der Waals surface area (Å²) in [4.78, 5) is 0. The molecule has 29 heavy (non-hydrogen) atoms. The van der Waals surface area contributed by atoms with Gasteiger partial charge in [-0.2, -0.15) is 0 Å². The monoisotopic (exact) mass is 398 g/mol. The van der Waals surface area contributed by atoms with Crippen LogP contribution in [0.25, 0.3) is 0 Å². The van der Waals surface area contributed by atoms with Crippen LogP contribution in [0.5, 0.6) is 0 Å². The lowest BCUT2D eigenvalue weighted by Crippen LogP contribution is -2.49. The molecule has 0 aromatic rings. The largest absolute Gasteiger partial charge is 0.393 e. The maximum Gasteiger partial charge on any atom is 0.0543 e. The molecule has 0 spiro atoms. The van der Waals surface area contributed by atoms with Crippen LogP contribution >= 0.6 is 0 Å². The van der Waals surface area contributed by atoms with Gasteiger partial charge in [-0.15, -0.1) is 0 Å². The van der Waals surface area contributed by atoms with Crippen molar-refractivity contribution in [3.8, 4) is 0 Å². The van der Waals surface area contributed by atoms with Crippen molar-refractivity contribution in [2.75, 3.05) is 0 Å². The van der Waals surface area contributed by atoms with E-state index in [1.54, 1.807) is 0 Å². The van der Waals surface area contributed by atoms with Gasteiger partial charge in [0.1, 0.15) is 0 Å². The molecule has 0 aromatic carbocycles. The highest BCUT2D eigenvalue weighted by Crippen LogP contribution is 2.66. The first-order chi connectivity index (χ1) is 13.7. The summed E-state index contributed by atoms with van der Waals surface area (Å²) in [6, 6.07) is 0. The van der Waals surface area contributed by atoms with Gasteiger partial charge in [0.2, 0.25) is 0 Å². The predicted molar refractivity (Wildman–Crippen MR) is 124 cm³/mol. The zero-order valence-corrected chi connectivity index (χ0v) is 20.0. The molecule has 1 N–H and O–H groups in total. The van der Waals surface area contributed by atoms with E-state index in [0.717, 1.165) is 36.5 Å². The second-order valence-electron chi connectivity index (χ2n) is 12.3. The van der Waals surface area contributed by atoms with E-state index in [1.807, 2.05) is 5.57 Å². The molecule has 1 heteroatoms. The van der Waals surface area contributed by atoms with Crippen molar-refractivity contribution in [2.24, 2.45) is 52.3 Å². The normalized spacial score (nSPS) is 46.8. The van der Waals surface area contributed by atoms with Crippen molar-refractivity contribution in [1.82, 2.24) is 0 Å². The summed E-state index contributed by atoms with van der Waals surface area (Å²) in [5, 5.41) is 10.2. The maximum atomic E-state index is 10.2. The lowest BCUT2D eigenvalue weighted by atomic mass is 9.47. The van der Waals surface area contributed by atoms with Crippen molar-refractivity contribution in [1.29, 1.82) is 0 Å². The summed E-state index contributed by atoms with van der Waals surface area (Å²) in [7, 11) is 0. The summed E-state index contributed by atoms with van der Waals surface area (Å²) in [5.41, 5.74) is 2.79. The average Bonchev–Trinajstić information content (AvgIpc) is 3.03. The number of hydrogen-bond donors (Lipinski definition) is 1. The second kappa shape index (κ2) is 7.85. The Balaban J connectivity index is 1.54. The van der Waals surface area contributed by atoms with Crippen LogP contribution in [-0.4, -0.2) is 11.2 Å². The molecular weight excluding hydrogens is 352 g/mol. The number of aliphatic hydroxyl groups excluding tert-OH is 1. The number of fused-ring (bicyclic) bond motifs is 5. The Morgan fingerprint density at radius 1 is 0.931 bits per heavy atom. The topological polar surface area (TPSA) is 20.2 Å². The number of allylic oxidation sites excluding steroid dienone is 4. The van der Waals surface area contributed by atoms with E-state index >= 15 is 0 Å². The summed E-state index contributed by atoms with van der Waals surface area (Å²) in [5.74, 6) is 5.25. The van der Waals surface area contributed by atoms with Gasteiger partial charge in [0, 0.05) is 0 Å². The zero-order valence-electron chi connectivity index (χ0n) is 20.0. The summed E-state index contributed by atoms with van der Waals surface area (Å²) < 4.78 is 0. The molecular formula is C28H46O. The van der Waals surface area contributed by atoms with Crippen molar-refractivity contribution in [3.05, 3.63) is 23.8 Å². The van der Waals surface area contributed by atoms with Crippen LogP contribution in [-0.2, 0) is 0 Å². The minimum absolute atomic E-state index is 0.0476. The first-order valence-corrected chi connectivity index (χ1v) is 12.7. The van der Waals surface area contributed by atoms with Gasteiger partial charge in [-0.25, -0.2) is 0 Å². The third-order valence-corrected chi connectivity index (χ3v) is 10.5. The number of aliphatic hydroxyl groups is 1. The molecule has 3 saturated carbocycles. The Bertz CT molecular complexity index is 659. The van der Waals surface area contributed by atoms with E-state index in [0.29, 0.717) is 28.6 Å². The number of hydrogen-bond acceptors (Lipinski definition) is 1. The highest BCUT2D eigenvalue weighted by molar-refractivity contribution is 5.28. The molecule has 9 atom stereocenters. The Kier molecular flexibility index (Phi) is 5.86. The van der Waals surface area contributed by atoms with E-state index < -0.39 is 0 Å². The third kappa shape index (κ3) is 3.58. The van der Waals surface area contributed by atoms with Gasteiger partial charge in [-0.05, 0) is 104 Å². The van der Waals surface area contributed by atoms with Crippen LogP contribution in [0.3, 0.4) is 0 Å². The van der Waals surface area contributed by atoms with Gasteiger partial charge in [0.05, 0.1) is 6.10 Å². The van der Waals surface area contributed by atoms with Gasteiger partial charge in [0.15, 0.2) is 0 Å². The molecule has 1 nitrogen and oxygen atoms in total. The Hall–Kier alpha value is -0.560. The zero-order chi connectivity index (χ0) is 21.0. The van der Waals surface area contributed by atoms with E-state index in [4.69, 9.17) is 0 Å². The van der Waals surface area contributed by atoms with Crippen molar-refractivity contribution in [2.45, 2.75) is 99.0 Å². The van der Waals surface area contributed by atoms with Gasteiger partial charge in [-0.1, -0.05) is 65.3 Å². The fourth-order valence-corrected chi connectivity index (χ4v) is 8.10. The van der Waals surface area contributed by atoms with Crippen molar-refractivity contribution in [3.63, 3.8) is 0 Å². The average molecular weight is 399 g/mol. The van der Waals surface area contributed by atoms with Gasteiger partial charge < -0.3 is 5.11 Å². The molecule has 7 unspecified atom stereocenters. The van der Waals surface area contributed by atoms with Crippen LogP contribution < -0.4 is 0 Å². The SMILES string of the molecule is CC(C)C(C)C=CC(C)C1CCC2C3=CCC4CC(O)CC[C@]4(C)C3CC[C@@]21C. The van der Waals surface area contributed by atoms with E-state index in [2.05, 4.69) is 59.8 Å². The first kappa shape index (κ1) is 21.7. The van der Waals surface area contributed by atoms with Crippen molar-refractivity contribution >= 4 is 0 Å². The Labute approximate surface area is 180 Å². The molecule has 0 aliphatic heterocycles. The molecule has 164 valence electrons.